The molecular weight excluding hydrogens is 779 g/mol. The van der Waals surface area contributed by atoms with Crippen LogP contribution in [-0.2, 0) is 21.7 Å². The standard InChI is InChI=1S/C59H55BN2O2/c1-56(2,3)34-20-25-37(26-21-34)61-52-45-30-36(58(7,8)9)24-29-50(45)64-55(52)60-51-43(32-44-40-17-13-15-19-49(40)63-54(44)53(51)61)42-31-41-39-16-12-14-18-46(39)59(10,11)47(41)33-48(42)62(60)38-27-22-35(23-28-38)57(4,5)6/h12-33H,1-11H3. The van der Waals surface area contributed by atoms with Gasteiger partial charge in [-0.05, 0) is 127 Å². The van der Waals surface area contributed by atoms with E-state index in [-0.39, 0.29) is 28.5 Å². The van der Waals surface area contributed by atoms with Crippen molar-refractivity contribution in [3.63, 3.8) is 0 Å². The third kappa shape index (κ3) is 5.42. The van der Waals surface area contributed by atoms with Crippen molar-refractivity contribution in [1.29, 1.82) is 0 Å². The van der Waals surface area contributed by atoms with Gasteiger partial charge in [0.05, 0.1) is 11.4 Å². The first-order valence-corrected chi connectivity index (χ1v) is 23.0. The van der Waals surface area contributed by atoms with Gasteiger partial charge in [-0.3, -0.25) is 0 Å². The van der Waals surface area contributed by atoms with Crippen LogP contribution in [-0.4, -0.2) is 6.85 Å². The molecule has 5 heteroatoms. The zero-order valence-electron chi connectivity index (χ0n) is 39.0. The summed E-state index contributed by atoms with van der Waals surface area (Å²) in [7, 11) is 0. The van der Waals surface area contributed by atoms with Gasteiger partial charge in [0.15, 0.2) is 5.58 Å². The van der Waals surface area contributed by atoms with E-state index in [1.807, 2.05) is 0 Å². The lowest BCUT2D eigenvalue weighted by Crippen LogP contribution is -2.61. The molecule has 0 atom stereocenters. The molecule has 0 saturated carbocycles. The Morgan fingerprint density at radius 1 is 0.469 bits per heavy atom. The van der Waals surface area contributed by atoms with Crippen LogP contribution in [0.3, 0.4) is 0 Å². The number of para-hydroxylation sites is 1. The maximum atomic E-state index is 7.42. The lowest BCUT2D eigenvalue weighted by atomic mass is 9.45. The molecule has 2 aromatic heterocycles. The predicted octanol–water partition coefficient (Wildman–Crippen LogP) is 15.2. The second-order valence-corrected chi connectivity index (χ2v) is 22.2. The first-order chi connectivity index (χ1) is 30.4. The van der Waals surface area contributed by atoms with Gasteiger partial charge in [-0.2, -0.15) is 0 Å². The number of fused-ring (bicyclic) bond motifs is 13. The van der Waals surface area contributed by atoms with Gasteiger partial charge >= 0.3 is 6.85 Å². The quantitative estimate of drug-likeness (QED) is 0.162. The monoisotopic (exact) mass is 834 g/mol. The summed E-state index contributed by atoms with van der Waals surface area (Å²) in [5.74, 6) is 0. The lowest BCUT2D eigenvalue weighted by molar-refractivity contribution is 0.590. The average molecular weight is 835 g/mol. The third-order valence-electron chi connectivity index (χ3n) is 14.7. The van der Waals surface area contributed by atoms with Crippen LogP contribution in [0, 0.1) is 0 Å². The number of anilines is 5. The number of nitrogens with zero attached hydrogens (tertiary/aromatic N) is 2. The first kappa shape index (κ1) is 39.2. The molecule has 0 amide bonds. The summed E-state index contributed by atoms with van der Waals surface area (Å²) in [6.45, 7) is 25.1. The van der Waals surface area contributed by atoms with Crippen LogP contribution in [0.2, 0.25) is 0 Å². The minimum atomic E-state index is -0.314. The second kappa shape index (κ2) is 12.8. The van der Waals surface area contributed by atoms with Gasteiger partial charge in [0.1, 0.15) is 16.8 Å². The fraction of sp³-hybridized carbons (Fsp3) is 0.254. The van der Waals surface area contributed by atoms with E-state index in [4.69, 9.17) is 8.83 Å². The van der Waals surface area contributed by atoms with Crippen LogP contribution < -0.4 is 20.8 Å². The van der Waals surface area contributed by atoms with Crippen molar-refractivity contribution >= 4 is 79.3 Å². The third-order valence-corrected chi connectivity index (χ3v) is 14.7. The normalized spacial score (nSPS) is 15.1. The summed E-state index contributed by atoms with van der Waals surface area (Å²) in [6.07, 6.45) is 0. The van der Waals surface area contributed by atoms with Crippen molar-refractivity contribution in [2.45, 2.75) is 97.8 Å². The highest BCUT2D eigenvalue weighted by molar-refractivity contribution is 6.93. The van der Waals surface area contributed by atoms with E-state index in [1.165, 1.54) is 61.2 Å². The van der Waals surface area contributed by atoms with Gasteiger partial charge in [0, 0.05) is 44.2 Å². The fourth-order valence-electron chi connectivity index (χ4n) is 11.1. The van der Waals surface area contributed by atoms with Gasteiger partial charge < -0.3 is 18.5 Å². The number of hydrogen-bond acceptors (Lipinski definition) is 4. The topological polar surface area (TPSA) is 32.8 Å². The summed E-state index contributed by atoms with van der Waals surface area (Å²) in [5.41, 5.74) is 21.6. The molecule has 2 aliphatic heterocycles. The summed E-state index contributed by atoms with van der Waals surface area (Å²) >= 11 is 0. The predicted molar refractivity (Wildman–Crippen MR) is 271 cm³/mol. The zero-order valence-corrected chi connectivity index (χ0v) is 39.0. The van der Waals surface area contributed by atoms with Gasteiger partial charge in [-0.25, -0.2) is 0 Å². The van der Waals surface area contributed by atoms with Gasteiger partial charge in [0.25, 0.3) is 0 Å². The van der Waals surface area contributed by atoms with Crippen LogP contribution >= 0.6 is 0 Å². The molecule has 316 valence electrons. The fourth-order valence-corrected chi connectivity index (χ4v) is 11.1. The number of benzene rings is 7. The Kier molecular flexibility index (Phi) is 7.86. The Labute approximate surface area is 377 Å². The van der Waals surface area contributed by atoms with E-state index in [1.54, 1.807) is 0 Å². The first-order valence-electron chi connectivity index (χ1n) is 23.0. The van der Waals surface area contributed by atoms with Crippen molar-refractivity contribution in [2.24, 2.45) is 0 Å². The van der Waals surface area contributed by atoms with E-state index in [9.17, 15) is 0 Å². The molecule has 1 aliphatic carbocycles. The highest BCUT2D eigenvalue weighted by atomic mass is 16.3. The maximum absolute atomic E-state index is 7.42. The maximum Gasteiger partial charge on any atom is 0.376 e. The van der Waals surface area contributed by atoms with Gasteiger partial charge in [-0.1, -0.05) is 149 Å². The molecule has 64 heavy (non-hydrogen) atoms. The summed E-state index contributed by atoms with van der Waals surface area (Å²) in [4.78, 5) is 5.07. The summed E-state index contributed by atoms with van der Waals surface area (Å²) in [5, 5.41) is 3.33. The van der Waals surface area contributed by atoms with Gasteiger partial charge in [-0.15, -0.1) is 0 Å². The van der Waals surface area contributed by atoms with Crippen LogP contribution in [0.15, 0.2) is 142 Å². The van der Waals surface area contributed by atoms with E-state index >= 15 is 0 Å². The Morgan fingerprint density at radius 3 is 1.77 bits per heavy atom. The Bertz CT molecular complexity index is 3420. The number of furan rings is 2. The van der Waals surface area contributed by atoms with E-state index in [2.05, 4.69) is 219 Å². The molecule has 0 bridgehead atoms. The van der Waals surface area contributed by atoms with Crippen molar-refractivity contribution in [3.05, 3.63) is 161 Å². The van der Waals surface area contributed by atoms with Crippen molar-refractivity contribution in [1.82, 2.24) is 0 Å². The molecule has 0 saturated heterocycles. The van der Waals surface area contributed by atoms with Gasteiger partial charge in [0.2, 0.25) is 0 Å². The molecule has 9 aromatic rings. The minimum Gasteiger partial charge on any atom is -0.466 e. The number of hydrogen-bond donors (Lipinski definition) is 0. The number of rotatable bonds is 2. The molecule has 0 unspecified atom stereocenters. The molecule has 0 fully saturated rings. The van der Waals surface area contributed by atoms with E-state index in [0.29, 0.717) is 0 Å². The zero-order chi connectivity index (χ0) is 44.4. The highest BCUT2D eigenvalue weighted by Gasteiger charge is 2.51. The SMILES string of the molecule is CC(C)(C)c1ccc(N2B3c4oc5ccc(C(C)(C)C)cc5c4N(c4ccc(C(C)(C)C)cc4)c4c3c(cc3c4oc4ccccc43)-c3cc4c(cc32)C(C)(C)c2ccccc2-4)cc1. The Balaban J connectivity index is 1.26. The molecule has 4 heterocycles. The molecule has 12 rings (SSSR count). The highest BCUT2D eigenvalue weighted by Crippen LogP contribution is 2.57. The molecule has 7 aromatic carbocycles. The van der Waals surface area contributed by atoms with Crippen molar-refractivity contribution < 1.29 is 8.83 Å². The van der Waals surface area contributed by atoms with Crippen molar-refractivity contribution in [2.75, 3.05) is 9.71 Å². The second-order valence-electron chi connectivity index (χ2n) is 22.2. The largest absolute Gasteiger partial charge is 0.466 e. The summed E-state index contributed by atoms with van der Waals surface area (Å²) < 4.78 is 14.6. The van der Waals surface area contributed by atoms with Crippen LogP contribution in [0.1, 0.15) is 104 Å². The molecule has 0 N–H and O–H groups in total. The summed E-state index contributed by atoms with van der Waals surface area (Å²) in [6, 6.07) is 50.3. The molecule has 4 nitrogen and oxygen atoms in total. The molecular formula is C59H55BN2O2. The Morgan fingerprint density at radius 2 is 1.08 bits per heavy atom. The molecule has 0 radical (unpaired) electrons. The van der Waals surface area contributed by atoms with Crippen molar-refractivity contribution in [3.8, 4) is 22.3 Å². The lowest BCUT2D eigenvalue weighted by Gasteiger charge is -2.44. The minimum absolute atomic E-state index is 0.00125. The van der Waals surface area contributed by atoms with Crippen LogP contribution in [0.4, 0.5) is 28.4 Å². The van der Waals surface area contributed by atoms with E-state index in [0.717, 1.165) is 61.3 Å². The smallest absolute Gasteiger partial charge is 0.376 e. The molecule has 3 aliphatic rings. The average Bonchev–Trinajstić information content (AvgIpc) is 3.90. The molecule has 0 spiro atoms. The Hall–Kier alpha value is -6.46. The van der Waals surface area contributed by atoms with Crippen LogP contribution in [0.25, 0.3) is 55.2 Å². The van der Waals surface area contributed by atoms with Crippen LogP contribution in [0.5, 0.6) is 0 Å². The van der Waals surface area contributed by atoms with E-state index < -0.39 is 0 Å².